The first-order chi connectivity index (χ1) is 6.59. The fraction of sp³-hybridized carbons (Fsp3) is 0.375. The van der Waals surface area contributed by atoms with Gasteiger partial charge in [-0.3, -0.25) is 14.7 Å². The monoisotopic (exact) mass is 215 g/mol. The summed E-state index contributed by atoms with van der Waals surface area (Å²) in [5.74, 6) is -0.882. The van der Waals surface area contributed by atoms with Crippen LogP contribution in [-0.2, 0) is 11.3 Å². The Bertz CT molecular complexity index is 332. The van der Waals surface area contributed by atoms with E-state index in [2.05, 4.69) is 9.97 Å². The second-order valence-electron chi connectivity index (χ2n) is 2.86. The number of nitrogens with zero attached hydrogens (tertiary/aromatic N) is 3. The molecular formula is C8H10ClN3O2. The Hall–Kier alpha value is -1.20. The molecule has 0 aromatic carbocycles. The third-order valence-corrected chi connectivity index (χ3v) is 1.86. The number of carboxylic acids is 1. The average molecular weight is 216 g/mol. The lowest BCUT2D eigenvalue weighted by Crippen LogP contribution is -2.25. The van der Waals surface area contributed by atoms with Crippen LogP contribution >= 0.6 is 11.6 Å². The second kappa shape index (κ2) is 4.88. The third-order valence-electron chi connectivity index (χ3n) is 1.55. The SMILES string of the molecule is CN(CC(=O)O)Cc1nccnc1Cl. The van der Waals surface area contributed by atoms with Crippen LogP contribution in [0.4, 0.5) is 0 Å². The molecule has 0 spiro atoms. The summed E-state index contributed by atoms with van der Waals surface area (Å²) in [5, 5.41) is 8.83. The first kappa shape index (κ1) is 10.9. The summed E-state index contributed by atoms with van der Waals surface area (Å²) < 4.78 is 0. The summed E-state index contributed by atoms with van der Waals surface area (Å²) in [4.78, 5) is 19.8. The van der Waals surface area contributed by atoms with E-state index in [1.807, 2.05) is 0 Å². The van der Waals surface area contributed by atoms with Gasteiger partial charge in [0.05, 0.1) is 12.2 Å². The lowest BCUT2D eigenvalue weighted by atomic mass is 10.4. The van der Waals surface area contributed by atoms with Crippen molar-refractivity contribution >= 4 is 17.6 Å². The molecule has 0 unspecified atom stereocenters. The Morgan fingerprint density at radius 3 is 2.79 bits per heavy atom. The maximum Gasteiger partial charge on any atom is 0.317 e. The summed E-state index contributed by atoms with van der Waals surface area (Å²) in [6, 6.07) is 0. The fourth-order valence-electron chi connectivity index (χ4n) is 0.998. The molecule has 0 atom stereocenters. The molecule has 76 valence electrons. The van der Waals surface area contributed by atoms with Crippen LogP contribution in [0.3, 0.4) is 0 Å². The van der Waals surface area contributed by atoms with E-state index < -0.39 is 5.97 Å². The highest BCUT2D eigenvalue weighted by molar-refractivity contribution is 6.29. The van der Waals surface area contributed by atoms with E-state index in [0.717, 1.165) is 0 Å². The van der Waals surface area contributed by atoms with Gasteiger partial charge in [-0.2, -0.15) is 0 Å². The van der Waals surface area contributed by atoms with Crippen LogP contribution in [0.5, 0.6) is 0 Å². The Morgan fingerprint density at radius 1 is 1.57 bits per heavy atom. The summed E-state index contributed by atoms with van der Waals surface area (Å²) >= 11 is 5.76. The van der Waals surface area contributed by atoms with Crippen LogP contribution < -0.4 is 0 Å². The lowest BCUT2D eigenvalue weighted by molar-refractivity contribution is -0.138. The van der Waals surface area contributed by atoms with Crippen LogP contribution in [0.15, 0.2) is 12.4 Å². The first-order valence-electron chi connectivity index (χ1n) is 3.95. The molecule has 1 N–H and O–H groups in total. The van der Waals surface area contributed by atoms with Crippen molar-refractivity contribution in [1.29, 1.82) is 0 Å². The van der Waals surface area contributed by atoms with E-state index >= 15 is 0 Å². The number of carbonyl (C=O) groups is 1. The van der Waals surface area contributed by atoms with Gasteiger partial charge >= 0.3 is 5.97 Å². The predicted molar refractivity (Wildman–Crippen MR) is 51.0 cm³/mol. The van der Waals surface area contributed by atoms with Gasteiger partial charge in [-0.15, -0.1) is 0 Å². The normalized spacial score (nSPS) is 10.5. The molecular weight excluding hydrogens is 206 g/mol. The van der Waals surface area contributed by atoms with Crippen molar-refractivity contribution in [2.24, 2.45) is 0 Å². The van der Waals surface area contributed by atoms with Gasteiger partial charge in [0.25, 0.3) is 0 Å². The number of hydrogen-bond donors (Lipinski definition) is 1. The molecule has 1 aromatic rings. The molecule has 0 aliphatic heterocycles. The number of likely N-dealkylation sites (N-methyl/N-ethyl adjacent to an activating group) is 1. The fourth-order valence-corrected chi connectivity index (χ4v) is 1.16. The van der Waals surface area contributed by atoms with Crippen molar-refractivity contribution in [1.82, 2.24) is 14.9 Å². The number of aromatic nitrogens is 2. The minimum absolute atomic E-state index is 0.0487. The zero-order valence-electron chi connectivity index (χ0n) is 7.64. The zero-order valence-corrected chi connectivity index (χ0v) is 8.40. The van der Waals surface area contributed by atoms with Crippen LogP contribution in [0.1, 0.15) is 5.69 Å². The minimum Gasteiger partial charge on any atom is -0.480 e. The molecule has 1 aromatic heterocycles. The van der Waals surface area contributed by atoms with Crippen molar-refractivity contribution in [3.8, 4) is 0 Å². The van der Waals surface area contributed by atoms with Gasteiger partial charge in [-0.05, 0) is 7.05 Å². The maximum atomic E-state index is 10.4. The number of carboxylic acid groups (broad SMARTS) is 1. The number of hydrogen-bond acceptors (Lipinski definition) is 4. The zero-order chi connectivity index (χ0) is 10.6. The number of rotatable bonds is 4. The molecule has 14 heavy (non-hydrogen) atoms. The highest BCUT2D eigenvalue weighted by atomic mass is 35.5. The molecule has 0 aliphatic rings. The standard InChI is InChI=1S/C8H10ClN3O2/c1-12(5-7(13)14)4-6-8(9)11-3-2-10-6/h2-3H,4-5H2,1H3,(H,13,14). The molecule has 0 saturated heterocycles. The molecule has 0 aliphatic carbocycles. The molecule has 0 bridgehead atoms. The molecule has 1 heterocycles. The topological polar surface area (TPSA) is 66.3 Å². The van der Waals surface area contributed by atoms with Gasteiger partial charge in [0.1, 0.15) is 0 Å². The maximum absolute atomic E-state index is 10.4. The Morgan fingerprint density at radius 2 is 2.21 bits per heavy atom. The molecule has 0 fully saturated rings. The van der Waals surface area contributed by atoms with Gasteiger partial charge in [0, 0.05) is 18.9 Å². The van der Waals surface area contributed by atoms with Gasteiger partial charge in [-0.1, -0.05) is 11.6 Å². The molecule has 0 saturated carbocycles. The van der Waals surface area contributed by atoms with E-state index in [4.69, 9.17) is 16.7 Å². The first-order valence-corrected chi connectivity index (χ1v) is 4.33. The van der Waals surface area contributed by atoms with E-state index in [1.165, 1.54) is 12.4 Å². The molecule has 0 radical (unpaired) electrons. The molecule has 0 amide bonds. The van der Waals surface area contributed by atoms with Gasteiger partial charge in [0.2, 0.25) is 0 Å². The van der Waals surface area contributed by atoms with Crippen molar-refractivity contribution in [3.05, 3.63) is 23.2 Å². The van der Waals surface area contributed by atoms with E-state index in [1.54, 1.807) is 11.9 Å². The van der Waals surface area contributed by atoms with Crippen molar-refractivity contribution in [2.75, 3.05) is 13.6 Å². The second-order valence-corrected chi connectivity index (χ2v) is 3.22. The van der Waals surface area contributed by atoms with E-state index in [-0.39, 0.29) is 6.54 Å². The summed E-state index contributed by atoms with van der Waals surface area (Å²) in [6.45, 7) is 0.325. The van der Waals surface area contributed by atoms with Gasteiger partial charge in [0.15, 0.2) is 5.15 Å². The predicted octanol–water partition coefficient (Wildman–Crippen LogP) is 0.646. The summed E-state index contributed by atoms with van der Waals surface area (Å²) in [5.41, 5.74) is 0.581. The minimum atomic E-state index is -0.882. The van der Waals surface area contributed by atoms with Crippen molar-refractivity contribution < 1.29 is 9.90 Å². The Labute approximate surface area is 86.3 Å². The van der Waals surface area contributed by atoms with Crippen LogP contribution in [0.25, 0.3) is 0 Å². The van der Waals surface area contributed by atoms with Gasteiger partial charge in [-0.25, -0.2) is 4.98 Å². The molecule has 5 nitrogen and oxygen atoms in total. The highest BCUT2D eigenvalue weighted by Gasteiger charge is 2.08. The van der Waals surface area contributed by atoms with Gasteiger partial charge < -0.3 is 5.11 Å². The highest BCUT2D eigenvalue weighted by Crippen LogP contribution is 2.09. The van der Waals surface area contributed by atoms with Crippen LogP contribution in [0.2, 0.25) is 5.15 Å². The van der Waals surface area contributed by atoms with E-state index in [9.17, 15) is 4.79 Å². The van der Waals surface area contributed by atoms with Crippen molar-refractivity contribution in [3.63, 3.8) is 0 Å². The number of halogens is 1. The van der Waals surface area contributed by atoms with Crippen molar-refractivity contribution in [2.45, 2.75) is 6.54 Å². The summed E-state index contributed by atoms with van der Waals surface area (Å²) in [7, 11) is 1.68. The van der Waals surface area contributed by atoms with Crippen LogP contribution in [-0.4, -0.2) is 39.5 Å². The quantitative estimate of drug-likeness (QED) is 0.799. The number of aliphatic carboxylic acids is 1. The summed E-state index contributed by atoms with van der Waals surface area (Å²) in [6.07, 6.45) is 3.01. The Kier molecular flexibility index (Phi) is 3.79. The van der Waals surface area contributed by atoms with E-state index in [0.29, 0.717) is 17.4 Å². The smallest absolute Gasteiger partial charge is 0.317 e. The van der Waals surface area contributed by atoms with Crippen LogP contribution in [0, 0.1) is 0 Å². The Balaban J connectivity index is 2.60. The third kappa shape index (κ3) is 3.27. The molecule has 1 rings (SSSR count). The molecule has 6 heteroatoms. The largest absolute Gasteiger partial charge is 0.480 e. The average Bonchev–Trinajstić information content (AvgIpc) is 2.07. The lowest BCUT2D eigenvalue weighted by Gasteiger charge is -2.13.